The topological polar surface area (TPSA) is 65.0 Å². The lowest BCUT2D eigenvalue weighted by Crippen LogP contribution is -2.44. The van der Waals surface area contributed by atoms with Crippen LogP contribution in [0.3, 0.4) is 0 Å². The van der Waals surface area contributed by atoms with E-state index in [1.807, 2.05) is 31.2 Å². The number of hydrogen-bond donors (Lipinski definition) is 0. The zero-order valence-electron chi connectivity index (χ0n) is 16.7. The van der Waals surface area contributed by atoms with Crippen molar-refractivity contribution in [2.24, 2.45) is 16.3 Å². The van der Waals surface area contributed by atoms with Gasteiger partial charge in [-0.15, -0.1) is 0 Å². The summed E-state index contributed by atoms with van der Waals surface area (Å²) in [6.07, 6.45) is 1.21. The van der Waals surface area contributed by atoms with Crippen LogP contribution in [0.15, 0.2) is 40.5 Å². The molecule has 2 aliphatic rings. The number of Topliss-reactive ketones (excluding diaryl/α,β-unsaturated/α-hetero) is 1. The Morgan fingerprint density at radius 3 is 2.59 bits per heavy atom. The maximum Gasteiger partial charge on any atom is 0.336 e. The lowest BCUT2D eigenvalue weighted by molar-refractivity contribution is -0.139. The van der Waals surface area contributed by atoms with Gasteiger partial charge in [-0.25, -0.2) is 4.79 Å². The lowest BCUT2D eigenvalue weighted by atomic mass is 9.63. The number of ketones is 1. The van der Waals surface area contributed by atoms with E-state index >= 15 is 0 Å². The second kappa shape index (κ2) is 7.29. The third-order valence-electron chi connectivity index (χ3n) is 5.33. The van der Waals surface area contributed by atoms with Crippen LogP contribution < -0.4 is 4.74 Å². The average Bonchev–Trinajstić information content (AvgIpc) is 2.59. The van der Waals surface area contributed by atoms with Crippen LogP contribution in [-0.2, 0) is 14.3 Å². The third-order valence-corrected chi connectivity index (χ3v) is 5.33. The number of carbonyl (C=O) groups excluding carboxylic acids is 2. The number of benzene rings is 1. The molecule has 1 aliphatic heterocycles. The van der Waals surface area contributed by atoms with Crippen LogP contribution >= 0.6 is 0 Å². The molecule has 0 aromatic heterocycles. The van der Waals surface area contributed by atoms with Crippen molar-refractivity contribution in [3.63, 3.8) is 0 Å². The van der Waals surface area contributed by atoms with Gasteiger partial charge in [-0.2, -0.15) is 0 Å². The van der Waals surface area contributed by atoms with Gasteiger partial charge in [0.15, 0.2) is 0 Å². The van der Waals surface area contributed by atoms with Gasteiger partial charge in [0.05, 0.1) is 25.2 Å². The van der Waals surface area contributed by atoms with Gasteiger partial charge in [-0.1, -0.05) is 32.0 Å². The quantitative estimate of drug-likeness (QED) is 0.750. The second-order valence-corrected chi connectivity index (χ2v) is 8.00. The molecule has 5 heteroatoms. The molecule has 27 heavy (non-hydrogen) atoms. The summed E-state index contributed by atoms with van der Waals surface area (Å²) in [4.78, 5) is 30.7. The second-order valence-electron chi connectivity index (χ2n) is 8.00. The molecule has 5 nitrogen and oxygen atoms in total. The highest BCUT2D eigenvalue weighted by Crippen LogP contribution is 2.48. The van der Waals surface area contributed by atoms with Gasteiger partial charge < -0.3 is 9.47 Å². The van der Waals surface area contributed by atoms with E-state index in [4.69, 9.17) is 14.5 Å². The molecular formula is C22H27NO4. The van der Waals surface area contributed by atoms with Crippen molar-refractivity contribution in [2.75, 3.05) is 13.7 Å². The minimum atomic E-state index is -0.447. The third kappa shape index (κ3) is 3.55. The molecule has 0 bridgehead atoms. The summed E-state index contributed by atoms with van der Waals surface area (Å²) in [5.41, 5.74) is 2.65. The molecule has 0 spiro atoms. The first-order chi connectivity index (χ1) is 12.8. The highest BCUT2D eigenvalue weighted by molar-refractivity contribution is 6.12. The molecule has 1 aromatic carbocycles. The first-order valence-corrected chi connectivity index (χ1v) is 9.40. The predicted molar refractivity (Wildman–Crippen MR) is 104 cm³/mol. The fourth-order valence-corrected chi connectivity index (χ4v) is 4.33. The molecular weight excluding hydrogens is 342 g/mol. The van der Waals surface area contributed by atoms with E-state index in [2.05, 4.69) is 13.8 Å². The van der Waals surface area contributed by atoms with Crippen molar-refractivity contribution >= 4 is 17.5 Å². The number of nitrogens with zero attached hydrogens (tertiary/aromatic N) is 1. The Kier molecular flexibility index (Phi) is 5.22. The number of allylic oxidation sites excluding steroid dienone is 1. The van der Waals surface area contributed by atoms with Crippen LogP contribution in [0.25, 0.3) is 0 Å². The Labute approximate surface area is 160 Å². The molecule has 1 aliphatic carbocycles. The Hall–Kier alpha value is -2.43. The monoisotopic (exact) mass is 369 g/mol. The molecule has 0 amide bonds. The summed E-state index contributed by atoms with van der Waals surface area (Å²) < 4.78 is 10.9. The van der Waals surface area contributed by atoms with Gasteiger partial charge in [0.25, 0.3) is 0 Å². The van der Waals surface area contributed by atoms with Gasteiger partial charge in [-0.3, -0.25) is 9.79 Å². The Morgan fingerprint density at radius 1 is 1.22 bits per heavy atom. The number of ether oxygens (including phenoxy) is 2. The summed E-state index contributed by atoms with van der Waals surface area (Å²) in [5.74, 6) is -0.508. The first-order valence-electron chi connectivity index (χ1n) is 9.40. The van der Waals surface area contributed by atoms with Crippen LogP contribution in [-0.4, -0.2) is 31.2 Å². The number of aliphatic imine (C=N–C) groups is 1. The van der Waals surface area contributed by atoms with Gasteiger partial charge in [0.2, 0.25) is 0 Å². The number of rotatable bonds is 4. The van der Waals surface area contributed by atoms with E-state index in [0.29, 0.717) is 23.4 Å². The smallest absolute Gasteiger partial charge is 0.336 e. The average molecular weight is 369 g/mol. The highest BCUT2D eigenvalue weighted by atomic mass is 16.5. The van der Waals surface area contributed by atoms with Crippen LogP contribution in [0, 0.1) is 11.3 Å². The van der Waals surface area contributed by atoms with Crippen molar-refractivity contribution in [1.29, 1.82) is 0 Å². The molecule has 2 atom stereocenters. The molecule has 0 N–H and O–H groups in total. The molecule has 3 rings (SSSR count). The minimum Gasteiger partial charge on any atom is -0.496 e. The highest BCUT2D eigenvalue weighted by Gasteiger charge is 2.48. The maximum atomic E-state index is 13.2. The molecule has 0 radical (unpaired) electrons. The van der Waals surface area contributed by atoms with Crippen LogP contribution in [0.4, 0.5) is 0 Å². The maximum absolute atomic E-state index is 13.2. The summed E-state index contributed by atoms with van der Waals surface area (Å²) >= 11 is 0. The predicted octanol–water partition coefficient (Wildman–Crippen LogP) is 4.08. The molecule has 1 aromatic rings. The Balaban J connectivity index is 2.21. The van der Waals surface area contributed by atoms with E-state index in [9.17, 15) is 9.59 Å². The zero-order valence-corrected chi connectivity index (χ0v) is 16.7. The van der Waals surface area contributed by atoms with E-state index in [1.54, 1.807) is 14.0 Å². The van der Waals surface area contributed by atoms with Crippen molar-refractivity contribution in [2.45, 2.75) is 46.5 Å². The largest absolute Gasteiger partial charge is 0.496 e. The lowest BCUT2D eigenvalue weighted by Gasteiger charge is -2.41. The first kappa shape index (κ1) is 19.3. The summed E-state index contributed by atoms with van der Waals surface area (Å²) in [5, 5.41) is 0. The summed E-state index contributed by atoms with van der Waals surface area (Å²) in [6, 6.07) is 7.56. The summed E-state index contributed by atoms with van der Waals surface area (Å²) in [7, 11) is 1.60. The van der Waals surface area contributed by atoms with Crippen LogP contribution in [0.1, 0.15) is 52.0 Å². The summed E-state index contributed by atoms with van der Waals surface area (Å²) in [6.45, 7) is 8.04. The fraction of sp³-hybridized carbons (Fsp3) is 0.500. The van der Waals surface area contributed by atoms with E-state index in [0.717, 1.165) is 17.7 Å². The molecule has 1 saturated carbocycles. The van der Waals surface area contributed by atoms with E-state index < -0.39 is 17.8 Å². The van der Waals surface area contributed by atoms with E-state index in [-0.39, 0.29) is 17.8 Å². The number of fused-ring (bicyclic) bond motifs is 1. The van der Waals surface area contributed by atoms with Gasteiger partial charge in [0.1, 0.15) is 11.5 Å². The van der Waals surface area contributed by atoms with Crippen molar-refractivity contribution < 1.29 is 19.1 Å². The number of carbonyl (C=O) groups is 2. The van der Waals surface area contributed by atoms with Crippen LogP contribution in [0.2, 0.25) is 0 Å². The van der Waals surface area contributed by atoms with Crippen molar-refractivity contribution in [3.8, 4) is 5.75 Å². The number of methoxy groups -OCH3 is 1. The Bertz CT molecular complexity index is 834. The molecule has 1 fully saturated rings. The molecule has 144 valence electrons. The Morgan fingerprint density at radius 2 is 1.93 bits per heavy atom. The number of para-hydroxylation sites is 1. The fourth-order valence-electron chi connectivity index (χ4n) is 4.33. The molecule has 0 unspecified atom stereocenters. The van der Waals surface area contributed by atoms with E-state index in [1.165, 1.54) is 0 Å². The SMILES string of the molecule is CCOC(=O)C1=C(C)N=C2CC(C)(C)CC(=O)[C@@H]2[C@@H]1c1ccccc1OC. The van der Waals surface area contributed by atoms with Gasteiger partial charge in [0, 0.05) is 29.3 Å². The minimum absolute atomic E-state index is 0.121. The number of esters is 1. The van der Waals surface area contributed by atoms with Crippen LogP contribution in [0.5, 0.6) is 5.75 Å². The molecule has 0 saturated heterocycles. The normalized spacial score (nSPS) is 24.2. The zero-order chi connectivity index (χ0) is 19.8. The van der Waals surface area contributed by atoms with Crippen molar-refractivity contribution in [1.82, 2.24) is 0 Å². The van der Waals surface area contributed by atoms with Gasteiger partial charge >= 0.3 is 5.97 Å². The van der Waals surface area contributed by atoms with Crippen molar-refractivity contribution in [3.05, 3.63) is 41.1 Å². The standard InChI is InChI=1S/C22H27NO4/c1-6-27-21(25)18-13(2)23-15-11-22(3,4)12-16(24)20(15)19(18)14-9-7-8-10-17(14)26-5/h7-10,19-20H,6,11-12H2,1-5H3/t19-,20-/m1/s1. The van der Waals surface area contributed by atoms with Gasteiger partial charge in [-0.05, 0) is 31.7 Å². The molecule has 1 heterocycles. The number of hydrogen-bond acceptors (Lipinski definition) is 5.